The van der Waals surface area contributed by atoms with Crippen LogP contribution < -0.4 is 4.90 Å². The lowest BCUT2D eigenvalue weighted by molar-refractivity contribution is -0.384. The number of carbonyl (C=O) groups excluding carboxylic acids is 1. The first-order valence-corrected chi connectivity index (χ1v) is 6.21. The number of nitro benzene ring substituents is 1. The van der Waals surface area contributed by atoms with E-state index in [1.165, 1.54) is 12.1 Å². The predicted octanol–water partition coefficient (Wildman–Crippen LogP) is 1.88. The van der Waals surface area contributed by atoms with Crippen molar-refractivity contribution in [2.75, 3.05) is 24.6 Å². The predicted molar refractivity (Wildman–Crippen MR) is 70.4 cm³/mol. The molecule has 0 atom stereocenters. The minimum absolute atomic E-state index is 0.0786. The molecule has 0 amide bonds. The lowest BCUT2D eigenvalue weighted by Crippen LogP contribution is -2.19. The lowest BCUT2D eigenvalue weighted by Gasteiger charge is -2.17. The second-order valence-electron chi connectivity index (χ2n) is 4.39. The number of nitriles is 1. The minimum atomic E-state index is -0.734. The van der Waals surface area contributed by atoms with E-state index in [-0.39, 0.29) is 17.9 Å². The molecule has 1 heterocycles. The number of rotatable bonds is 4. The molecule has 1 fully saturated rings. The fraction of sp³-hybridized carbons (Fsp3) is 0.385. The number of ether oxygens (including phenoxy) is 1. The van der Waals surface area contributed by atoms with E-state index >= 15 is 0 Å². The third-order valence-electron chi connectivity index (χ3n) is 3.12. The van der Waals surface area contributed by atoms with Gasteiger partial charge in [0.05, 0.1) is 10.5 Å². The summed E-state index contributed by atoms with van der Waals surface area (Å²) in [5, 5.41) is 19.5. The number of nitrogens with zero attached hydrogens (tertiary/aromatic N) is 3. The van der Waals surface area contributed by atoms with Crippen LogP contribution in [-0.4, -0.2) is 30.6 Å². The van der Waals surface area contributed by atoms with E-state index in [9.17, 15) is 14.9 Å². The number of hydrogen-bond acceptors (Lipinski definition) is 6. The fourth-order valence-corrected chi connectivity index (χ4v) is 2.20. The van der Waals surface area contributed by atoms with Gasteiger partial charge in [-0.15, -0.1) is 0 Å². The van der Waals surface area contributed by atoms with Gasteiger partial charge in [0.2, 0.25) is 0 Å². The van der Waals surface area contributed by atoms with E-state index < -0.39 is 10.9 Å². The van der Waals surface area contributed by atoms with Gasteiger partial charge in [-0.05, 0) is 25.0 Å². The molecule has 0 aliphatic carbocycles. The molecule has 0 saturated carbocycles. The van der Waals surface area contributed by atoms with Crippen LogP contribution in [-0.2, 0) is 4.74 Å². The van der Waals surface area contributed by atoms with Crippen molar-refractivity contribution in [2.24, 2.45) is 0 Å². The summed E-state index contributed by atoms with van der Waals surface area (Å²) in [6, 6.07) is 5.93. The summed E-state index contributed by atoms with van der Waals surface area (Å²) >= 11 is 0. The summed E-state index contributed by atoms with van der Waals surface area (Å²) < 4.78 is 4.64. The zero-order valence-electron chi connectivity index (χ0n) is 10.7. The quantitative estimate of drug-likeness (QED) is 0.473. The maximum absolute atomic E-state index is 11.6. The van der Waals surface area contributed by atoms with Crippen LogP contribution in [0.4, 0.5) is 11.4 Å². The molecule has 104 valence electrons. The summed E-state index contributed by atoms with van der Waals surface area (Å²) in [4.78, 5) is 24.2. The van der Waals surface area contributed by atoms with Crippen LogP contribution in [0.2, 0.25) is 0 Å². The van der Waals surface area contributed by atoms with Crippen LogP contribution >= 0.6 is 0 Å². The maximum atomic E-state index is 11.6. The Bertz CT molecular complexity index is 573. The Balaban J connectivity index is 2.30. The highest BCUT2D eigenvalue weighted by atomic mass is 16.6. The van der Waals surface area contributed by atoms with Crippen molar-refractivity contribution in [1.29, 1.82) is 5.26 Å². The molecule has 0 spiro atoms. The highest BCUT2D eigenvalue weighted by molar-refractivity contribution is 5.91. The highest BCUT2D eigenvalue weighted by Crippen LogP contribution is 2.31. The van der Waals surface area contributed by atoms with Gasteiger partial charge in [-0.2, -0.15) is 5.26 Å². The fourth-order valence-electron chi connectivity index (χ4n) is 2.20. The van der Waals surface area contributed by atoms with Gasteiger partial charge in [0.15, 0.2) is 6.61 Å². The molecule has 1 aliphatic heterocycles. The van der Waals surface area contributed by atoms with Crippen molar-refractivity contribution in [3.05, 3.63) is 33.9 Å². The maximum Gasteiger partial charge on any atom is 0.339 e. The Morgan fingerprint density at radius 2 is 2.15 bits per heavy atom. The van der Waals surface area contributed by atoms with Crippen LogP contribution in [0.3, 0.4) is 0 Å². The standard InChI is InChI=1S/C13H13N3O4/c14-5-8-20-13(17)10-3-4-11(12(9-10)16(18)19)15-6-1-2-7-15/h3-4,9H,1-2,6-8H2. The van der Waals surface area contributed by atoms with Gasteiger partial charge in [0, 0.05) is 19.2 Å². The Morgan fingerprint density at radius 1 is 1.45 bits per heavy atom. The minimum Gasteiger partial charge on any atom is -0.447 e. The molecule has 0 radical (unpaired) electrons. The highest BCUT2D eigenvalue weighted by Gasteiger charge is 2.24. The Labute approximate surface area is 115 Å². The average Bonchev–Trinajstić information content (AvgIpc) is 2.98. The molecule has 0 aromatic heterocycles. The number of anilines is 1. The Hall–Kier alpha value is -2.62. The van der Waals surface area contributed by atoms with E-state index in [2.05, 4.69) is 4.74 Å². The number of benzene rings is 1. The summed E-state index contributed by atoms with van der Waals surface area (Å²) in [5.41, 5.74) is 0.484. The molecule has 0 bridgehead atoms. The zero-order valence-corrected chi connectivity index (χ0v) is 10.7. The molecular formula is C13H13N3O4. The topological polar surface area (TPSA) is 96.5 Å². The molecule has 1 aromatic carbocycles. The van der Waals surface area contributed by atoms with Crippen LogP contribution in [0.5, 0.6) is 0 Å². The van der Waals surface area contributed by atoms with Crippen molar-refractivity contribution in [1.82, 2.24) is 0 Å². The molecule has 1 saturated heterocycles. The van der Waals surface area contributed by atoms with Crippen molar-refractivity contribution < 1.29 is 14.5 Å². The molecule has 0 N–H and O–H groups in total. The molecular weight excluding hydrogens is 262 g/mol. The van der Waals surface area contributed by atoms with E-state index in [0.29, 0.717) is 5.69 Å². The SMILES string of the molecule is N#CCOC(=O)c1ccc(N2CCCC2)c([N+](=O)[O-])c1. The molecule has 7 heteroatoms. The average molecular weight is 275 g/mol. The smallest absolute Gasteiger partial charge is 0.339 e. The van der Waals surface area contributed by atoms with Gasteiger partial charge in [-0.1, -0.05) is 0 Å². The van der Waals surface area contributed by atoms with Gasteiger partial charge in [-0.3, -0.25) is 10.1 Å². The second kappa shape index (κ2) is 6.02. The van der Waals surface area contributed by atoms with E-state index in [4.69, 9.17) is 5.26 Å². The first-order chi connectivity index (χ1) is 9.63. The van der Waals surface area contributed by atoms with E-state index in [1.807, 2.05) is 4.90 Å². The van der Waals surface area contributed by atoms with Crippen molar-refractivity contribution in [3.8, 4) is 6.07 Å². The third kappa shape index (κ3) is 2.85. The third-order valence-corrected chi connectivity index (χ3v) is 3.12. The molecule has 1 aromatic rings. The van der Waals surface area contributed by atoms with Crippen LogP contribution in [0.25, 0.3) is 0 Å². The Morgan fingerprint density at radius 3 is 2.75 bits per heavy atom. The normalized spacial score (nSPS) is 13.8. The van der Waals surface area contributed by atoms with Crippen molar-refractivity contribution in [3.63, 3.8) is 0 Å². The number of esters is 1. The lowest BCUT2D eigenvalue weighted by atomic mass is 10.1. The number of hydrogen-bond donors (Lipinski definition) is 0. The van der Waals surface area contributed by atoms with Crippen LogP contribution in [0.1, 0.15) is 23.2 Å². The largest absolute Gasteiger partial charge is 0.447 e. The van der Waals surface area contributed by atoms with Gasteiger partial charge in [-0.25, -0.2) is 4.79 Å². The molecule has 7 nitrogen and oxygen atoms in total. The zero-order chi connectivity index (χ0) is 14.5. The van der Waals surface area contributed by atoms with Crippen LogP contribution in [0.15, 0.2) is 18.2 Å². The van der Waals surface area contributed by atoms with Crippen molar-refractivity contribution in [2.45, 2.75) is 12.8 Å². The Kier molecular flexibility index (Phi) is 4.15. The molecule has 2 rings (SSSR count). The first kappa shape index (κ1) is 13.8. The summed E-state index contributed by atoms with van der Waals surface area (Å²) in [5.74, 6) is -0.734. The van der Waals surface area contributed by atoms with E-state index in [1.54, 1.807) is 12.1 Å². The molecule has 20 heavy (non-hydrogen) atoms. The van der Waals surface area contributed by atoms with Crippen LogP contribution in [0, 0.1) is 21.4 Å². The first-order valence-electron chi connectivity index (χ1n) is 6.21. The summed E-state index contributed by atoms with van der Waals surface area (Å²) in [7, 11) is 0. The van der Waals surface area contributed by atoms with Gasteiger partial charge < -0.3 is 9.64 Å². The van der Waals surface area contributed by atoms with Gasteiger partial charge >= 0.3 is 5.97 Å². The molecule has 0 unspecified atom stereocenters. The monoisotopic (exact) mass is 275 g/mol. The second-order valence-corrected chi connectivity index (χ2v) is 4.39. The summed E-state index contributed by atoms with van der Waals surface area (Å²) in [6.07, 6.45) is 2.01. The van der Waals surface area contributed by atoms with Gasteiger partial charge in [0.1, 0.15) is 11.8 Å². The number of nitro groups is 1. The van der Waals surface area contributed by atoms with Gasteiger partial charge in [0.25, 0.3) is 5.69 Å². The van der Waals surface area contributed by atoms with Crippen molar-refractivity contribution >= 4 is 17.3 Å². The van der Waals surface area contributed by atoms with E-state index in [0.717, 1.165) is 25.9 Å². The number of carbonyl (C=O) groups is 1. The summed E-state index contributed by atoms with van der Waals surface area (Å²) in [6.45, 7) is 1.18. The molecule has 1 aliphatic rings.